The summed E-state index contributed by atoms with van der Waals surface area (Å²) in [4.78, 5) is 6.86. The lowest BCUT2D eigenvalue weighted by Crippen LogP contribution is -2.22. The van der Waals surface area contributed by atoms with Crippen molar-refractivity contribution < 1.29 is 4.74 Å². The van der Waals surface area contributed by atoms with Gasteiger partial charge in [0.1, 0.15) is 5.75 Å². The molecular weight excluding hydrogens is 318 g/mol. The molecule has 0 amide bonds. The number of aromatic nitrogens is 2. The van der Waals surface area contributed by atoms with Crippen LogP contribution in [-0.2, 0) is 5.41 Å². The highest BCUT2D eigenvalue weighted by Crippen LogP contribution is 2.33. The molecule has 1 atom stereocenters. The van der Waals surface area contributed by atoms with Gasteiger partial charge in [-0.05, 0) is 57.1 Å². The van der Waals surface area contributed by atoms with Crippen LogP contribution in [0.25, 0.3) is 0 Å². The molecule has 0 spiro atoms. The summed E-state index contributed by atoms with van der Waals surface area (Å²) < 4.78 is 10.4. The van der Waals surface area contributed by atoms with Gasteiger partial charge in [0, 0.05) is 23.0 Å². The quantitative estimate of drug-likeness (QED) is 0.739. The lowest BCUT2D eigenvalue weighted by atomic mass is 9.96. The van der Waals surface area contributed by atoms with Gasteiger partial charge in [-0.15, -0.1) is 0 Å². The lowest BCUT2D eigenvalue weighted by molar-refractivity contribution is 0.275. The number of aryl methyl sites for hydroxylation is 2. The van der Waals surface area contributed by atoms with Gasteiger partial charge in [-0.2, -0.15) is 9.36 Å². The van der Waals surface area contributed by atoms with Gasteiger partial charge >= 0.3 is 0 Å². The lowest BCUT2D eigenvalue weighted by Gasteiger charge is -2.25. The summed E-state index contributed by atoms with van der Waals surface area (Å²) in [5.41, 5.74) is 3.65. The Kier molecular flexibility index (Phi) is 5.66. The average molecular weight is 348 g/mol. The van der Waals surface area contributed by atoms with Crippen LogP contribution in [0.15, 0.2) is 12.1 Å². The van der Waals surface area contributed by atoms with Crippen molar-refractivity contribution in [2.24, 2.45) is 0 Å². The van der Waals surface area contributed by atoms with Crippen LogP contribution >= 0.6 is 11.5 Å². The minimum Gasteiger partial charge on any atom is -0.430 e. The molecule has 5 heteroatoms. The molecular formula is C19H29N3OS. The summed E-state index contributed by atoms with van der Waals surface area (Å²) in [5.74, 6) is 1.69. The number of hydrogen-bond donors (Lipinski definition) is 0. The summed E-state index contributed by atoms with van der Waals surface area (Å²) in [5, 5.41) is 0.605. The molecule has 1 aromatic heterocycles. The van der Waals surface area contributed by atoms with E-state index in [0.717, 1.165) is 23.7 Å². The third-order valence-corrected chi connectivity index (χ3v) is 5.04. The molecule has 2 aromatic rings. The summed E-state index contributed by atoms with van der Waals surface area (Å²) in [7, 11) is 2.15. The van der Waals surface area contributed by atoms with E-state index in [1.54, 1.807) is 0 Å². The van der Waals surface area contributed by atoms with Crippen LogP contribution < -0.4 is 4.74 Å². The number of nitrogens with zero attached hydrogens (tertiary/aromatic N) is 3. The third-order valence-electron chi connectivity index (χ3n) is 4.45. The zero-order valence-electron chi connectivity index (χ0n) is 16.1. The fourth-order valence-electron chi connectivity index (χ4n) is 2.53. The Hall–Kier alpha value is -1.46. The predicted molar refractivity (Wildman–Crippen MR) is 101 cm³/mol. The first kappa shape index (κ1) is 18.9. The molecule has 0 fully saturated rings. The largest absolute Gasteiger partial charge is 0.430 e. The standard InChI is InChI=1S/C19H29N3OS/c1-9-22(8)14(4)15-10-13(3)16(11-12(15)2)23-18-20-17(21-24-18)19(5,6)7/h10-11,14H,9H2,1-8H3. The first-order valence-corrected chi connectivity index (χ1v) is 9.24. The highest BCUT2D eigenvalue weighted by Gasteiger charge is 2.21. The monoisotopic (exact) mass is 347 g/mol. The normalized spacial score (nSPS) is 13.4. The van der Waals surface area contributed by atoms with Gasteiger partial charge in [0.05, 0.1) is 0 Å². The molecule has 132 valence electrons. The number of rotatable bonds is 5. The molecule has 1 heterocycles. The van der Waals surface area contributed by atoms with E-state index in [-0.39, 0.29) is 5.41 Å². The van der Waals surface area contributed by atoms with Crippen molar-refractivity contribution in [3.05, 3.63) is 34.6 Å². The van der Waals surface area contributed by atoms with Crippen molar-refractivity contribution >= 4 is 11.5 Å². The Labute approximate surface area is 150 Å². The highest BCUT2D eigenvalue weighted by molar-refractivity contribution is 7.07. The topological polar surface area (TPSA) is 38.2 Å². The Morgan fingerprint density at radius 3 is 2.42 bits per heavy atom. The number of ether oxygens (including phenoxy) is 1. The summed E-state index contributed by atoms with van der Waals surface area (Å²) in [6, 6.07) is 4.73. The van der Waals surface area contributed by atoms with Crippen molar-refractivity contribution in [2.75, 3.05) is 13.6 Å². The maximum absolute atomic E-state index is 6.02. The van der Waals surface area contributed by atoms with Gasteiger partial charge in [0.2, 0.25) is 0 Å². The van der Waals surface area contributed by atoms with E-state index in [2.05, 4.69) is 81.9 Å². The Bertz CT molecular complexity index is 703. The van der Waals surface area contributed by atoms with E-state index < -0.39 is 0 Å². The van der Waals surface area contributed by atoms with Crippen molar-refractivity contribution in [2.45, 2.75) is 59.9 Å². The fourth-order valence-corrected chi connectivity index (χ4v) is 3.27. The summed E-state index contributed by atoms with van der Waals surface area (Å²) in [6.45, 7) is 16.0. The molecule has 0 aliphatic rings. The van der Waals surface area contributed by atoms with E-state index in [1.807, 2.05) is 0 Å². The Morgan fingerprint density at radius 2 is 1.88 bits per heavy atom. The number of benzene rings is 1. The van der Waals surface area contributed by atoms with Gasteiger partial charge in [0.25, 0.3) is 5.19 Å². The van der Waals surface area contributed by atoms with Crippen molar-refractivity contribution in [1.82, 2.24) is 14.3 Å². The molecule has 2 rings (SSSR count). The molecule has 1 aromatic carbocycles. The molecule has 0 aliphatic heterocycles. The van der Waals surface area contributed by atoms with Gasteiger partial charge in [-0.3, -0.25) is 4.90 Å². The van der Waals surface area contributed by atoms with E-state index in [0.29, 0.717) is 11.2 Å². The molecule has 0 saturated carbocycles. The summed E-state index contributed by atoms with van der Waals surface area (Å²) in [6.07, 6.45) is 0. The number of hydrogen-bond acceptors (Lipinski definition) is 5. The molecule has 0 radical (unpaired) electrons. The second kappa shape index (κ2) is 7.19. The average Bonchev–Trinajstić information content (AvgIpc) is 2.98. The van der Waals surface area contributed by atoms with Crippen molar-refractivity contribution in [3.8, 4) is 10.9 Å². The maximum Gasteiger partial charge on any atom is 0.298 e. The third kappa shape index (κ3) is 4.14. The van der Waals surface area contributed by atoms with Crippen molar-refractivity contribution in [1.29, 1.82) is 0 Å². The second-order valence-electron chi connectivity index (χ2n) is 7.46. The minimum absolute atomic E-state index is 0.0624. The van der Waals surface area contributed by atoms with E-state index in [4.69, 9.17) is 4.74 Å². The molecule has 0 saturated heterocycles. The van der Waals surface area contributed by atoms with Gasteiger partial charge in [-0.25, -0.2) is 0 Å². The van der Waals surface area contributed by atoms with Crippen LogP contribution in [0.4, 0.5) is 0 Å². The summed E-state index contributed by atoms with van der Waals surface area (Å²) >= 11 is 1.31. The van der Waals surface area contributed by atoms with Crippen LogP contribution in [0.5, 0.6) is 10.9 Å². The van der Waals surface area contributed by atoms with E-state index in [9.17, 15) is 0 Å². The van der Waals surface area contributed by atoms with Crippen LogP contribution in [0.3, 0.4) is 0 Å². The zero-order chi connectivity index (χ0) is 18.1. The first-order chi connectivity index (χ1) is 11.1. The van der Waals surface area contributed by atoms with E-state index in [1.165, 1.54) is 22.7 Å². The minimum atomic E-state index is -0.0624. The molecule has 24 heavy (non-hydrogen) atoms. The van der Waals surface area contributed by atoms with Crippen LogP contribution in [0, 0.1) is 13.8 Å². The van der Waals surface area contributed by atoms with Crippen LogP contribution in [0.1, 0.15) is 63.2 Å². The van der Waals surface area contributed by atoms with Gasteiger partial charge < -0.3 is 4.74 Å². The Morgan fingerprint density at radius 1 is 1.21 bits per heavy atom. The molecule has 1 unspecified atom stereocenters. The molecule has 0 N–H and O–H groups in total. The van der Waals surface area contributed by atoms with Gasteiger partial charge in [0.15, 0.2) is 5.82 Å². The zero-order valence-corrected chi connectivity index (χ0v) is 16.9. The Balaban J connectivity index is 2.26. The highest BCUT2D eigenvalue weighted by atomic mass is 32.1. The van der Waals surface area contributed by atoms with Crippen LogP contribution in [0.2, 0.25) is 0 Å². The molecule has 0 aliphatic carbocycles. The van der Waals surface area contributed by atoms with Gasteiger partial charge in [-0.1, -0.05) is 33.8 Å². The second-order valence-corrected chi connectivity index (χ2v) is 8.17. The maximum atomic E-state index is 6.02. The molecule has 0 bridgehead atoms. The first-order valence-electron chi connectivity index (χ1n) is 8.47. The van der Waals surface area contributed by atoms with Crippen LogP contribution in [-0.4, -0.2) is 27.8 Å². The van der Waals surface area contributed by atoms with E-state index >= 15 is 0 Å². The smallest absolute Gasteiger partial charge is 0.298 e. The van der Waals surface area contributed by atoms with Crippen molar-refractivity contribution in [3.63, 3.8) is 0 Å². The molecule has 4 nitrogen and oxygen atoms in total. The predicted octanol–water partition coefficient (Wildman–Crippen LogP) is 5.26. The SMILES string of the molecule is CCN(C)C(C)c1cc(C)c(Oc2nc(C(C)(C)C)ns2)cc1C. The fraction of sp³-hybridized carbons (Fsp3) is 0.579.